The average molecular weight is 310 g/mol. The molecule has 0 bridgehead atoms. The third-order valence-corrected chi connectivity index (χ3v) is 3.43. The molecule has 0 saturated heterocycles. The predicted molar refractivity (Wildman–Crippen MR) is 84.7 cm³/mol. The maximum Gasteiger partial charge on any atom is 0.257 e. The van der Waals surface area contributed by atoms with Gasteiger partial charge in [-0.3, -0.25) is 4.79 Å². The summed E-state index contributed by atoms with van der Waals surface area (Å²) in [5, 5.41) is 0. The first-order valence-corrected chi connectivity index (χ1v) is 7.43. The van der Waals surface area contributed by atoms with E-state index in [4.69, 9.17) is 19.9 Å². The van der Waals surface area contributed by atoms with Gasteiger partial charge >= 0.3 is 0 Å². The van der Waals surface area contributed by atoms with Gasteiger partial charge in [-0.25, -0.2) is 4.98 Å². The summed E-state index contributed by atoms with van der Waals surface area (Å²) in [5.74, 6) is 1.14. The standard InChI is InChI=1S/C16H26N2O4/c1-11(2)13(17)8-12-9-15(22-7-5-6-20-3)16(21-4)18-14(12)10-19/h9-11,13H,5-8,17H2,1-4H3/t13-/m0/s1. The SMILES string of the molecule is COCCCOc1cc(C[C@H](N)C(C)C)c(C=O)nc1OC. The van der Waals surface area contributed by atoms with Gasteiger partial charge in [-0.15, -0.1) is 0 Å². The van der Waals surface area contributed by atoms with Crippen LogP contribution in [0, 0.1) is 5.92 Å². The number of methoxy groups -OCH3 is 2. The van der Waals surface area contributed by atoms with Gasteiger partial charge in [0.2, 0.25) is 0 Å². The first-order chi connectivity index (χ1) is 10.5. The molecular formula is C16H26N2O4. The molecule has 6 nitrogen and oxygen atoms in total. The lowest BCUT2D eigenvalue weighted by atomic mass is 9.96. The molecule has 0 aliphatic heterocycles. The molecule has 124 valence electrons. The number of aldehydes is 1. The lowest BCUT2D eigenvalue weighted by Gasteiger charge is -2.18. The molecule has 1 rings (SSSR count). The molecule has 0 saturated carbocycles. The second-order valence-electron chi connectivity index (χ2n) is 5.46. The Morgan fingerprint density at radius 2 is 2.05 bits per heavy atom. The van der Waals surface area contributed by atoms with E-state index in [2.05, 4.69) is 4.98 Å². The van der Waals surface area contributed by atoms with E-state index in [1.807, 2.05) is 13.8 Å². The van der Waals surface area contributed by atoms with E-state index < -0.39 is 0 Å². The fourth-order valence-corrected chi connectivity index (χ4v) is 1.92. The molecule has 2 N–H and O–H groups in total. The van der Waals surface area contributed by atoms with Gasteiger partial charge in [-0.2, -0.15) is 0 Å². The van der Waals surface area contributed by atoms with Crippen LogP contribution in [0.4, 0.5) is 0 Å². The molecule has 0 radical (unpaired) electrons. The summed E-state index contributed by atoms with van der Waals surface area (Å²) in [7, 11) is 3.14. The van der Waals surface area contributed by atoms with Crippen molar-refractivity contribution in [1.29, 1.82) is 0 Å². The van der Waals surface area contributed by atoms with Gasteiger partial charge in [0.25, 0.3) is 5.88 Å². The number of rotatable bonds is 10. The summed E-state index contributed by atoms with van der Waals surface area (Å²) < 4.78 is 15.9. The molecule has 1 heterocycles. The van der Waals surface area contributed by atoms with Crippen molar-refractivity contribution in [2.45, 2.75) is 32.7 Å². The quantitative estimate of drug-likeness (QED) is 0.524. The molecule has 0 aromatic carbocycles. The van der Waals surface area contributed by atoms with Crippen molar-refractivity contribution in [1.82, 2.24) is 4.98 Å². The third kappa shape index (κ3) is 5.27. The third-order valence-electron chi connectivity index (χ3n) is 3.43. The van der Waals surface area contributed by atoms with Gasteiger partial charge in [-0.1, -0.05) is 13.8 Å². The van der Waals surface area contributed by atoms with Gasteiger partial charge in [0.1, 0.15) is 5.69 Å². The second-order valence-corrected chi connectivity index (χ2v) is 5.46. The Labute approximate surface area is 132 Å². The van der Waals surface area contributed by atoms with E-state index >= 15 is 0 Å². The highest BCUT2D eigenvalue weighted by molar-refractivity contribution is 5.75. The molecule has 1 aromatic heterocycles. The minimum Gasteiger partial charge on any atom is -0.488 e. The molecular weight excluding hydrogens is 284 g/mol. The lowest BCUT2D eigenvalue weighted by molar-refractivity contribution is 0.111. The molecule has 0 fully saturated rings. The van der Waals surface area contributed by atoms with Crippen molar-refractivity contribution in [2.75, 3.05) is 27.4 Å². The van der Waals surface area contributed by atoms with Crippen molar-refractivity contribution < 1.29 is 19.0 Å². The molecule has 0 aliphatic rings. The predicted octanol–water partition coefficient (Wildman–Crippen LogP) is 1.84. The Hall–Kier alpha value is -1.66. The van der Waals surface area contributed by atoms with Crippen LogP contribution in [0.3, 0.4) is 0 Å². The number of nitrogens with two attached hydrogens (primary N) is 1. The smallest absolute Gasteiger partial charge is 0.257 e. The number of hydrogen-bond acceptors (Lipinski definition) is 6. The minimum absolute atomic E-state index is 0.0461. The number of carbonyl (C=O) groups is 1. The molecule has 0 unspecified atom stereocenters. The normalized spacial score (nSPS) is 12.3. The molecule has 0 aliphatic carbocycles. The average Bonchev–Trinajstić information content (AvgIpc) is 2.51. The first kappa shape index (κ1) is 18.4. The van der Waals surface area contributed by atoms with E-state index in [-0.39, 0.29) is 6.04 Å². The maximum absolute atomic E-state index is 11.2. The van der Waals surface area contributed by atoms with E-state index in [9.17, 15) is 4.79 Å². The number of hydrogen-bond donors (Lipinski definition) is 1. The fraction of sp³-hybridized carbons (Fsp3) is 0.625. The van der Waals surface area contributed by atoms with Crippen molar-refractivity contribution in [3.05, 3.63) is 17.3 Å². The zero-order valence-electron chi connectivity index (χ0n) is 13.8. The van der Waals surface area contributed by atoms with E-state index in [1.165, 1.54) is 7.11 Å². The number of nitrogens with zero attached hydrogens (tertiary/aromatic N) is 1. The zero-order valence-corrected chi connectivity index (χ0v) is 13.8. The summed E-state index contributed by atoms with van der Waals surface area (Å²) in [6, 6.07) is 1.75. The summed E-state index contributed by atoms with van der Waals surface area (Å²) in [6.45, 7) is 5.20. The Kier molecular flexibility index (Phi) is 7.84. The monoisotopic (exact) mass is 310 g/mol. The second kappa shape index (κ2) is 9.38. The van der Waals surface area contributed by atoms with Crippen LogP contribution in [0.5, 0.6) is 11.6 Å². The van der Waals surface area contributed by atoms with E-state index in [1.54, 1.807) is 13.2 Å². The van der Waals surface area contributed by atoms with Gasteiger partial charge < -0.3 is 19.9 Å². The van der Waals surface area contributed by atoms with Gasteiger partial charge in [0.15, 0.2) is 12.0 Å². The molecule has 22 heavy (non-hydrogen) atoms. The van der Waals surface area contributed by atoms with Crippen molar-refractivity contribution in [3.63, 3.8) is 0 Å². The highest BCUT2D eigenvalue weighted by atomic mass is 16.5. The van der Waals surface area contributed by atoms with Crippen LogP contribution in [-0.2, 0) is 11.2 Å². The van der Waals surface area contributed by atoms with Crippen LogP contribution in [-0.4, -0.2) is 44.7 Å². The lowest BCUT2D eigenvalue weighted by Crippen LogP contribution is -2.29. The number of aromatic nitrogens is 1. The van der Waals surface area contributed by atoms with E-state index in [0.29, 0.717) is 42.9 Å². The minimum atomic E-state index is -0.0461. The summed E-state index contributed by atoms with van der Waals surface area (Å²) in [6.07, 6.45) is 2.05. The van der Waals surface area contributed by atoms with Crippen molar-refractivity contribution in [3.8, 4) is 11.6 Å². The summed E-state index contributed by atoms with van der Waals surface area (Å²) in [4.78, 5) is 15.5. The topological polar surface area (TPSA) is 83.7 Å². The van der Waals surface area contributed by atoms with Crippen LogP contribution in [0.25, 0.3) is 0 Å². The number of pyridine rings is 1. The summed E-state index contributed by atoms with van der Waals surface area (Å²) in [5.41, 5.74) is 7.22. The van der Waals surface area contributed by atoms with Gasteiger partial charge in [0, 0.05) is 26.2 Å². The number of ether oxygens (including phenoxy) is 3. The van der Waals surface area contributed by atoms with Gasteiger partial charge in [-0.05, 0) is 24.0 Å². The van der Waals surface area contributed by atoms with E-state index in [0.717, 1.165) is 18.3 Å². The Morgan fingerprint density at radius 3 is 2.59 bits per heavy atom. The summed E-state index contributed by atoms with van der Waals surface area (Å²) >= 11 is 0. The van der Waals surface area contributed by atoms with Crippen LogP contribution in [0.2, 0.25) is 0 Å². The van der Waals surface area contributed by atoms with Crippen molar-refractivity contribution >= 4 is 6.29 Å². The molecule has 0 amide bonds. The Bertz CT molecular complexity index is 477. The van der Waals surface area contributed by atoms with Crippen LogP contribution in [0.1, 0.15) is 36.3 Å². The Balaban J connectivity index is 2.96. The van der Waals surface area contributed by atoms with Crippen molar-refractivity contribution in [2.24, 2.45) is 11.7 Å². The van der Waals surface area contributed by atoms with Crippen LogP contribution in [0.15, 0.2) is 6.07 Å². The molecule has 1 atom stereocenters. The molecule has 0 spiro atoms. The maximum atomic E-state index is 11.2. The first-order valence-electron chi connectivity index (χ1n) is 7.43. The van der Waals surface area contributed by atoms with Crippen LogP contribution < -0.4 is 15.2 Å². The largest absolute Gasteiger partial charge is 0.488 e. The molecule has 1 aromatic rings. The zero-order chi connectivity index (χ0) is 16.5. The highest BCUT2D eigenvalue weighted by Crippen LogP contribution is 2.28. The molecule has 6 heteroatoms. The fourth-order valence-electron chi connectivity index (χ4n) is 1.92. The van der Waals surface area contributed by atoms with Gasteiger partial charge in [0.05, 0.1) is 13.7 Å². The van der Waals surface area contributed by atoms with Crippen LogP contribution >= 0.6 is 0 Å². The Morgan fingerprint density at radius 1 is 1.32 bits per heavy atom. The number of carbonyl (C=O) groups excluding carboxylic acids is 1. The highest BCUT2D eigenvalue weighted by Gasteiger charge is 2.17.